The Kier molecular flexibility index (Phi) is 6.23. The minimum atomic E-state index is -0.596. The lowest BCUT2D eigenvalue weighted by Crippen LogP contribution is -2.07. The number of hydrogen-bond acceptors (Lipinski definition) is 5. The highest BCUT2D eigenvalue weighted by Crippen LogP contribution is 2.32. The molecule has 1 heterocycles. The Morgan fingerprint density at radius 1 is 1.03 bits per heavy atom. The van der Waals surface area contributed by atoms with Crippen molar-refractivity contribution in [1.29, 1.82) is 0 Å². The van der Waals surface area contributed by atoms with Crippen LogP contribution in [-0.2, 0) is 12.3 Å². The van der Waals surface area contributed by atoms with E-state index in [1.807, 2.05) is 36.4 Å². The summed E-state index contributed by atoms with van der Waals surface area (Å²) in [4.78, 5) is 4.85. The van der Waals surface area contributed by atoms with Crippen LogP contribution >= 0.6 is 11.8 Å². The van der Waals surface area contributed by atoms with E-state index < -0.39 is 11.6 Å². The smallest absolute Gasteiger partial charge is 0.132 e. The molecule has 4 aromatic rings. The number of fused-ring (bicyclic) bond motifs is 1. The van der Waals surface area contributed by atoms with Gasteiger partial charge in [-0.2, -0.15) is 0 Å². The summed E-state index contributed by atoms with van der Waals surface area (Å²) < 4.78 is 34.6. The number of ether oxygens (including phenoxy) is 1. The molecule has 0 aliphatic rings. The molecule has 0 saturated heterocycles. The van der Waals surface area contributed by atoms with Crippen molar-refractivity contribution in [3.8, 4) is 5.75 Å². The minimum absolute atomic E-state index is 0.0399. The van der Waals surface area contributed by atoms with E-state index >= 15 is 0 Å². The molecule has 1 aromatic heterocycles. The first kappa shape index (κ1) is 20.9. The minimum Gasteiger partial charge on any atom is -0.497 e. The van der Waals surface area contributed by atoms with Crippen molar-refractivity contribution in [3.63, 3.8) is 0 Å². The number of thioether (sulfide) groups is 1. The monoisotopic (exact) mass is 437 g/mol. The van der Waals surface area contributed by atoms with Gasteiger partial charge in [0, 0.05) is 34.2 Å². The van der Waals surface area contributed by atoms with Gasteiger partial charge in [-0.25, -0.2) is 8.78 Å². The molecule has 31 heavy (non-hydrogen) atoms. The molecule has 158 valence electrons. The normalized spacial score (nSPS) is 10.9. The molecule has 4 rings (SSSR count). The molecule has 0 aliphatic heterocycles. The predicted molar refractivity (Wildman–Crippen MR) is 122 cm³/mol. The van der Waals surface area contributed by atoms with Gasteiger partial charge in [-0.1, -0.05) is 30.3 Å². The first-order chi connectivity index (χ1) is 15.0. The highest BCUT2D eigenvalue weighted by molar-refractivity contribution is 7.98. The third-order valence-electron chi connectivity index (χ3n) is 4.91. The second-order valence-electron chi connectivity index (χ2n) is 6.96. The van der Waals surface area contributed by atoms with E-state index in [4.69, 9.17) is 10.5 Å². The van der Waals surface area contributed by atoms with Crippen LogP contribution in [0.1, 0.15) is 11.1 Å². The van der Waals surface area contributed by atoms with Crippen LogP contribution < -0.4 is 15.8 Å². The second-order valence-corrected chi connectivity index (χ2v) is 8.01. The molecule has 0 unspecified atom stereocenters. The van der Waals surface area contributed by atoms with Gasteiger partial charge in [0.15, 0.2) is 0 Å². The Morgan fingerprint density at radius 3 is 2.48 bits per heavy atom. The van der Waals surface area contributed by atoms with Crippen LogP contribution in [0.4, 0.5) is 20.2 Å². The van der Waals surface area contributed by atoms with Gasteiger partial charge < -0.3 is 15.8 Å². The molecule has 4 nitrogen and oxygen atoms in total. The summed E-state index contributed by atoms with van der Waals surface area (Å²) in [6.07, 6.45) is 1.51. The number of halogens is 2. The van der Waals surface area contributed by atoms with Crippen LogP contribution in [0.2, 0.25) is 0 Å². The summed E-state index contributed by atoms with van der Waals surface area (Å²) >= 11 is 1.39. The molecular weight excluding hydrogens is 416 g/mol. The number of aromatic nitrogens is 1. The van der Waals surface area contributed by atoms with E-state index in [9.17, 15) is 8.78 Å². The molecule has 0 saturated carbocycles. The Hall–Kier alpha value is -3.32. The van der Waals surface area contributed by atoms with Crippen molar-refractivity contribution >= 4 is 34.0 Å². The van der Waals surface area contributed by atoms with E-state index in [0.717, 1.165) is 10.9 Å². The number of hydrogen-bond donors (Lipinski definition) is 2. The standard InChI is InChI=1S/C24H21F2N3OS/c1-30-16-7-8-18-23(9-16)28-13-22(27)24(18)29-12-19-20(25)10-17(11-21(19)26)31-14-15-5-3-2-4-6-15/h2-11,13H,12,14,27H2,1H3,(H,28,29). The Labute approximate surface area is 183 Å². The van der Waals surface area contributed by atoms with Gasteiger partial charge >= 0.3 is 0 Å². The maximum Gasteiger partial charge on any atom is 0.132 e. The predicted octanol–water partition coefficient (Wildman–Crippen LogP) is 6.01. The van der Waals surface area contributed by atoms with Gasteiger partial charge in [0.1, 0.15) is 17.4 Å². The lowest BCUT2D eigenvalue weighted by atomic mass is 10.1. The van der Waals surface area contributed by atoms with Gasteiger partial charge in [0.05, 0.1) is 30.2 Å². The van der Waals surface area contributed by atoms with Gasteiger partial charge in [-0.3, -0.25) is 4.98 Å². The van der Waals surface area contributed by atoms with Crippen LogP contribution in [0.5, 0.6) is 5.75 Å². The average molecular weight is 438 g/mol. The van der Waals surface area contributed by atoms with Crippen molar-refractivity contribution in [2.45, 2.75) is 17.2 Å². The van der Waals surface area contributed by atoms with Gasteiger partial charge in [-0.15, -0.1) is 11.8 Å². The average Bonchev–Trinajstić information content (AvgIpc) is 2.78. The largest absolute Gasteiger partial charge is 0.497 e. The molecule has 7 heteroatoms. The van der Waals surface area contributed by atoms with E-state index in [1.54, 1.807) is 19.2 Å². The first-order valence-electron chi connectivity index (χ1n) is 9.66. The maximum absolute atomic E-state index is 14.7. The Balaban J connectivity index is 1.53. The van der Waals surface area contributed by atoms with Crippen molar-refractivity contribution in [2.75, 3.05) is 18.2 Å². The van der Waals surface area contributed by atoms with E-state index in [-0.39, 0.29) is 12.1 Å². The number of nitrogen functional groups attached to an aromatic ring is 1. The van der Waals surface area contributed by atoms with Crippen LogP contribution in [0, 0.1) is 11.6 Å². The third-order valence-corrected chi connectivity index (χ3v) is 5.96. The summed E-state index contributed by atoms with van der Waals surface area (Å²) in [5.74, 6) is 0.111. The maximum atomic E-state index is 14.7. The lowest BCUT2D eigenvalue weighted by molar-refractivity contribution is 0.415. The van der Waals surface area contributed by atoms with Crippen LogP contribution in [0.25, 0.3) is 10.9 Å². The molecule has 0 aliphatic carbocycles. The molecule has 0 fully saturated rings. The first-order valence-corrected chi connectivity index (χ1v) is 10.6. The van der Waals surface area contributed by atoms with Crippen LogP contribution in [0.15, 0.2) is 71.8 Å². The molecule has 0 radical (unpaired) electrons. The van der Waals surface area contributed by atoms with E-state index in [0.29, 0.717) is 33.3 Å². The molecule has 0 amide bonds. The Morgan fingerprint density at radius 2 is 1.77 bits per heavy atom. The topological polar surface area (TPSA) is 60.2 Å². The number of anilines is 2. The quantitative estimate of drug-likeness (QED) is 0.347. The summed E-state index contributed by atoms with van der Waals surface area (Å²) in [6.45, 7) is -0.0450. The summed E-state index contributed by atoms with van der Waals surface area (Å²) in [5.41, 5.74) is 8.77. The number of nitrogens with one attached hydrogen (secondary N) is 1. The molecule has 3 aromatic carbocycles. The van der Waals surface area contributed by atoms with Crippen molar-refractivity contribution in [2.24, 2.45) is 0 Å². The van der Waals surface area contributed by atoms with Crippen LogP contribution in [0.3, 0.4) is 0 Å². The van der Waals surface area contributed by atoms with Gasteiger partial charge in [-0.05, 0) is 29.8 Å². The van der Waals surface area contributed by atoms with Gasteiger partial charge in [0.25, 0.3) is 0 Å². The van der Waals surface area contributed by atoms with Crippen LogP contribution in [-0.4, -0.2) is 12.1 Å². The summed E-state index contributed by atoms with van der Waals surface area (Å²) in [6, 6.07) is 17.9. The van der Waals surface area contributed by atoms with Crippen molar-refractivity contribution in [3.05, 3.63) is 89.6 Å². The highest BCUT2D eigenvalue weighted by Gasteiger charge is 2.14. The van der Waals surface area contributed by atoms with E-state index in [2.05, 4.69) is 10.3 Å². The summed E-state index contributed by atoms with van der Waals surface area (Å²) in [7, 11) is 1.57. The van der Waals surface area contributed by atoms with Crippen molar-refractivity contribution < 1.29 is 13.5 Å². The fraction of sp³-hybridized carbons (Fsp3) is 0.125. The second kappa shape index (κ2) is 9.22. The van der Waals surface area contributed by atoms with Crippen molar-refractivity contribution in [1.82, 2.24) is 4.98 Å². The molecule has 0 bridgehead atoms. The molecule has 0 atom stereocenters. The zero-order valence-electron chi connectivity index (χ0n) is 16.9. The van der Waals surface area contributed by atoms with E-state index in [1.165, 1.54) is 30.1 Å². The number of methoxy groups -OCH3 is 1. The molecular formula is C24H21F2N3OS. The SMILES string of the molecule is COc1ccc2c(NCc3c(F)cc(SCc4ccccc4)cc3F)c(N)cnc2c1. The number of nitrogens with two attached hydrogens (primary N) is 1. The highest BCUT2D eigenvalue weighted by atomic mass is 32.2. The number of benzene rings is 3. The lowest BCUT2D eigenvalue weighted by Gasteiger charge is -2.14. The zero-order valence-corrected chi connectivity index (χ0v) is 17.7. The number of rotatable bonds is 7. The number of nitrogens with zero attached hydrogens (tertiary/aromatic N) is 1. The third kappa shape index (κ3) is 4.72. The number of pyridine rings is 1. The summed E-state index contributed by atoms with van der Waals surface area (Å²) in [5, 5.41) is 3.82. The van der Waals surface area contributed by atoms with Gasteiger partial charge in [0.2, 0.25) is 0 Å². The fourth-order valence-corrected chi connectivity index (χ4v) is 4.16. The molecule has 3 N–H and O–H groups in total. The Bertz CT molecular complexity index is 1200. The fourth-order valence-electron chi connectivity index (χ4n) is 3.26. The molecule has 0 spiro atoms. The zero-order chi connectivity index (χ0) is 21.8.